The van der Waals surface area contributed by atoms with Crippen LogP contribution in [0.3, 0.4) is 0 Å². The maximum Gasteiger partial charge on any atom is 0.0475 e. The summed E-state index contributed by atoms with van der Waals surface area (Å²) in [5.41, 5.74) is 5.87. The van der Waals surface area contributed by atoms with Crippen LogP contribution in [0.5, 0.6) is 0 Å². The lowest BCUT2D eigenvalue weighted by molar-refractivity contribution is 0.718. The predicted molar refractivity (Wildman–Crippen MR) is 60.7 cm³/mol. The average Bonchev–Trinajstić information content (AvgIpc) is 2.18. The molecule has 14 heavy (non-hydrogen) atoms. The third kappa shape index (κ3) is 1.08. The van der Waals surface area contributed by atoms with E-state index in [0.29, 0.717) is 0 Å². The Balaban J connectivity index is 2.25. The van der Waals surface area contributed by atoms with Crippen molar-refractivity contribution in [1.82, 2.24) is 0 Å². The van der Waals surface area contributed by atoms with E-state index in [1.54, 1.807) is 5.56 Å². The Morgan fingerprint density at radius 3 is 3.14 bits per heavy atom. The van der Waals surface area contributed by atoms with Gasteiger partial charge >= 0.3 is 0 Å². The number of benzene rings is 1. The van der Waals surface area contributed by atoms with Crippen LogP contribution in [-0.4, -0.2) is 13.1 Å². The maximum atomic E-state index is 2.51. The van der Waals surface area contributed by atoms with Crippen molar-refractivity contribution in [3.8, 4) is 0 Å². The molecule has 3 rings (SSSR count). The molecule has 1 aromatic rings. The highest BCUT2D eigenvalue weighted by Gasteiger charge is 2.20. The molecule has 2 heterocycles. The quantitative estimate of drug-likeness (QED) is 0.600. The van der Waals surface area contributed by atoms with Crippen LogP contribution in [0.15, 0.2) is 18.2 Å². The summed E-state index contributed by atoms with van der Waals surface area (Å²) < 4.78 is 0. The summed E-state index contributed by atoms with van der Waals surface area (Å²) in [6.45, 7) is 4.52. The third-order valence-electron chi connectivity index (χ3n) is 3.18. The summed E-state index contributed by atoms with van der Waals surface area (Å²) in [5.74, 6) is 0. The molecule has 2 aliphatic heterocycles. The molecule has 0 aliphatic carbocycles. The van der Waals surface area contributed by atoms with E-state index in [4.69, 9.17) is 0 Å². The van der Waals surface area contributed by atoms with Gasteiger partial charge in [-0.25, -0.2) is 0 Å². The smallest absolute Gasteiger partial charge is 0.0475 e. The number of anilines is 1. The van der Waals surface area contributed by atoms with Crippen molar-refractivity contribution in [3.63, 3.8) is 0 Å². The van der Waals surface area contributed by atoms with Crippen molar-refractivity contribution in [2.45, 2.75) is 19.8 Å². The van der Waals surface area contributed by atoms with Gasteiger partial charge in [-0.2, -0.15) is 0 Å². The van der Waals surface area contributed by atoms with Gasteiger partial charge in [-0.1, -0.05) is 23.8 Å². The van der Waals surface area contributed by atoms with Crippen LogP contribution < -0.4 is 4.90 Å². The van der Waals surface area contributed by atoms with Crippen molar-refractivity contribution in [1.29, 1.82) is 0 Å². The van der Waals surface area contributed by atoms with Gasteiger partial charge in [0.15, 0.2) is 0 Å². The van der Waals surface area contributed by atoms with E-state index in [-0.39, 0.29) is 0 Å². The molecule has 0 saturated carbocycles. The zero-order valence-electron chi connectivity index (χ0n) is 8.59. The van der Waals surface area contributed by atoms with Crippen LogP contribution in [-0.2, 0) is 6.42 Å². The molecule has 0 atom stereocenters. The van der Waals surface area contributed by atoms with Crippen molar-refractivity contribution < 1.29 is 0 Å². The summed E-state index contributed by atoms with van der Waals surface area (Å²) in [6.07, 6.45) is 7.11. The lowest BCUT2D eigenvalue weighted by Crippen LogP contribution is -2.31. The van der Waals surface area contributed by atoms with Gasteiger partial charge in [0, 0.05) is 18.8 Å². The lowest BCUT2D eigenvalue weighted by atomic mass is 9.93. The molecule has 72 valence electrons. The molecule has 0 aromatic heterocycles. The molecule has 1 nitrogen and oxygen atoms in total. The van der Waals surface area contributed by atoms with Crippen molar-refractivity contribution in [3.05, 3.63) is 34.9 Å². The highest BCUT2D eigenvalue weighted by molar-refractivity contribution is 5.75. The molecule has 2 aliphatic rings. The molecule has 0 fully saturated rings. The molecule has 0 saturated heterocycles. The minimum atomic E-state index is 1.10. The van der Waals surface area contributed by atoms with Crippen LogP contribution in [0, 0.1) is 6.92 Å². The topological polar surface area (TPSA) is 3.24 Å². The Bertz CT molecular complexity index is 404. The second-order valence-corrected chi connectivity index (χ2v) is 4.31. The first-order chi connectivity index (χ1) is 6.84. The highest BCUT2D eigenvalue weighted by Crippen LogP contribution is 2.34. The van der Waals surface area contributed by atoms with E-state index in [1.165, 1.54) is 36.2 Å². The van der Waals surface area contributed by atoms with E-state index in [0.717, 1.165) is 6.54 Å². The van der Waals surface area contributed by atoms with Gasteiger partial charge in [-0.15, -0.1) is 0 Å². The van der Waals surface area contributed by atoms with Gasteiger partial charge < -0.3 is 4.90 Å². The molecule has 0 radical (unpaired) electrons. The SMILES string of the molecule is Cc1cc2c3c(c1)CCCN3CC=C2. The number of hydrogen-bond acceptors (Lipinski definition) is 1. The Morgan fingerprint density at radius 2 is 2.21 bits per heavy atom. The van der Waals surface area contributed by atoms with Gasteiger partial charge in [-0.3, -0.25) is 0 Å². The Labute approximate surface area is 85.0 Å². The first-order valence-corrected chi connectivity index (χ1v) is 5.39. The molecule has 0 unspecified atom stereocenters. The largest absolute Gasteiger partial charge is 0.367 e. The number of nitrogens with zero attached hydrogens (tertiary/aromatic N) is 1. The minimum absolute atomic E-state index is 1.10. The Hall–Kier alpha value is -1.24. The highest BCUT2D eigenvalue weighted by atomic mass is 15.1. The standard InChI is InChI=1S/C13H15N/c1-10-8-11-4-2-6-14-7-3-5-12(9-10)13(11)14/h2,4,8-9H,3,5-7H2,1H3. The van der Waals surface area contributed by atoms with E-state index >= 15 is 0 Å². The van der Waals surface area contributed by atoms with Gasteiger partial charge in [0.05, 0.1) is 0 Å². The second-order valence-electron chi connectivity index (χ2n) is 4.31. The molecular weight excluding hydrogens is 170 g/mol. The van der Waals surface area contributed by atoms with Crippen LogP contribution in [0.1, 0.15) is 23.1 Å². The predicted octanol–water partition coefficient (Wildman–Crippen LogP) is 2.77. The van der Waals surface area contributed by atoms with E-state index < -0.39 is 0 Å². The van der Waals surface area contributed by atoms with Gasteiger partial charge in [0.2, 0.25) is 0 Å². The normalized spacial score (nSPS) is 18.2. The van der Waals surface area contributed by atoms with Crippen LogP contribution >= 0.6 is 0 Å². The van der Waals surface area contributed by atoms with Crippen molar-refractivity contribution >= 4 is 11.8 Å². The first-order valence-electron chi connectivity index (χ1n) is 5.39. The van der Waals surface area contributed by atoms with E-state index in [1.807, 2.05) is 0 Å². The zero-order chi connectivity index (χ0) is 9.54. The van der Waals surface area contributed by atoms with Crippen LogP contribution in [0.2, 0.25) is 0 Å². The van der Waals surface area contributed by atoms with Crippen molar-refractivity contribution in [2.75, 3.05) is 18.0 Å². The number of rotatable bonds is 0. The Kier molecular flexibility index (Phi) is 1.66. The number of aryl methyl sites for hydroxylation is 2. The van der Waals surface area contributed by atoms with Crippen molar-refractivity contribution in [2.24, 2.45) is 0 Å². The summed E-state index contributed by atoms with van der Waals surface area (Å²) >= 11 is 0. The summed E-state index contributed by atoms with van der Waals surface area (Å²) in [5, 5.41) is 0. The first kappa shape index (κ1) is 8.10. The summed E-state index contributed by atoms with van der Waals surface area (Å²) in [6, 6.07) is 4.65. The maximum absolute atomic E-state index is 2.51. The van der Waals surface area contributed by atoms with E-state index in [2.05, 4.69) is 36.1 Å². The van der Waals surface area contributed by atoms with Gasteiger partial charge in [-0.05, 0) is 37.0 Å². The zero-order valence-corrected chi connectivity index (χ0v) is 8.59. The number of hydrogen-bond donors (Lipinski definition) is 0. The average molecular weight is 185 g/mol. The van der Waals surface area contributed by atoms with Gasteiger partial charge in [0.25, 0.3) is 0 Å². The fraction of sp³-hybridized carbons (Fsp3) is 0.385. The molecule has 1 heteroatoms. The monoisotopic (exact) mass is 185 g/mol. The van der Waals surface area contributed by atoms with Gasteiger partial charge in [0.1, 0.15) is 0 Å². The fourth-order valence-corrected chi connectivity index (χ4v) is 2.65. The second kappa shape index (κ2) is 2.88. The summed E-state index contributed by atoms with van der Waals surface area (Å²) in [7, 11) is 0. The molecule has 0 spiro atoms. The van der Waals surface area contributed by atoms with E-state index in [9.17, 15) is 0 Å². The lowest BCUT2D eigenvalue weighted by Gasteiger charge is -2.34. The Morgan fingerprint density at radius 1 is 1.29 bits per heavy atom. The van der Waals surface area contributed by atoms with Crippen LogP contribution in [0.25, 0.3) is 6.08 Å². The molecule has 0 N–H and O–H groups in total. The summed E-state index contributed by atoms with van der Waals surface area (Å²) in [4.78, 5) is 2.51. The molecule has 0 amide bonds. The molecule has 1 aromatic carbocycles. The van der Waals surface area contributed by atoms with Crippen LogP contribution in [0.4, 0.5) is 5.69 Å². The third-order valence-corrected chi connectivity index (χ3v) is 3.18. The minimum Gasteiger partial charge on any atom is -0.367 e. The molecular formula is C13H15N. The molecule has 0 bridgehead atoms. The fourth-order valence-electron chi connectivity index (χ4n) is 2.65.